The Bertz CT molecular complexity index is 618. The van der Waals surface area contributed by atoms with Crippen molar-refractivity contribution in [3.63, 3.8) is 0 Å². The van der Waals surface area contributed by atoms with Crippen LogP contribution < -0.4 is 5.32 Å². The van der Waals surface area contributed by atoms with Gasteiger partial charge in [0.15, 0.2) is 0 Å². The number of piperazine rings is 1. The summed E-state index contributed by atoms with van der Waals surface area (Å²) in [5.74, 6) is 0.228. The molecule has 1 aliphatic rings. The van der Waals surface area contributed by atoms with Crippen molar-refractivity contribution in [1.82, 2.24) is 10.2 Å². The Labute approximate surface area is 119 Å². The van der Waals surface area contributed by atoms with E-state index in [2.05, 4.69) is 54.7 Å². The number of hydrogen-bond acceptors (Lipinski definition) is 2. The Hall–Kier alpha value is -1.87. The SMILES string of the molecule is CCC1NCCN(Cc2cccc3ccccc23)C1=O. The van der Waals surface area contributed by atoms with E-state index in [9.17, 15) is 4.79 Å². The predicted molar refractivity (Wildman–Crippen MR) is 81.4 cm³/mol. The highest BCUT2D eigenvalue weighted by atomic mass is 16.2. The second-order valence-electron chi connectivity index (χ2n) is 5.31. The van der Waals surface area contributed by atoms with Crippen molar-refractivity contribution in [3.8, 4) is 0 Å². The van der Waals surface area contributed by atoms with E-state index in [1.165, 1.54) is 16.3 Å². The van der Waals surface area contributed by atoms with Gasteiger partial charge in [0, 0.05) is 19.6 Å². The van der Waals surface area contributed by atoms with Crippen LogP contribution in [0, 0.1) is 0 Å². The number of carbonyl (C=O) groups excluding carboxylic acids is 1. The van der Waals surface area contributed by atoms with Gasteiger partial charge < -0.3 is 10.2 Å². The molecule has 1 fully saturated rings. The zero-order valence-corrected chi connectivity index (χ0v) is 11.8. The van der Waals surface area contributed by atoms with Gasteiger partial charge in [-0.15, -0.1) is 0 Å². The van der Waals surface area contributed by atoms with Crippen molar-refractivity contribution < 1.29 is 4.79 Å². The molecule has 3 rings (SSSR count). The lowest BCUT2D eigenvalue weighted by atomic mass is 10.0. The first-order valence-corrected chi connectivity index (χ1v) is 7.28. The molecule has 3 heteroatoms. The van der Waals surface area contributed by atoms with E-state index in [4.69, 9.17) is 0 Å². The second-order valence-corrected chi connectivity index (χ2v) is 5.31. The lowest BCUT2D eigenvalue weighted by Crippen LogP contribution is -2.54. The molecule has 1 amide bonds. The van der Waals surface area contributed by atoms with Crippen LogP contribution in [-0.2, 0) is 11.3 Å². The van der Waals surface area contributed by atoms with Gasteiger partial charge in [0.1, 0.15) is 0 Å². The van der Waals surface area contributed by atoms with E-state index >= 15 is 0 Å². The van der Waals surface area contributed by atoms with Gasteiger partial charge in [-0.25, -0.2) is 0 Å². The molecular formula is C17H20N2O. The molecule has 1 saturated heterocycles. The van der Waals surface area contributed by atoms with Crippen molar-refractivity contribution in [3.05, 3.63) is 48.0 Å². The highest BCUT2D eigenvalue weighted by Gasteiger charge is 2.26. The van der Waals surface area contributed by atoms with Crippen LogP contribution >= 0.6 is 0 Å². The van der Waals surface area contributed by atoms with Crippen molar-refractivity contribution in [2.75, 3.05) is 13.1 Å². The molecule has 0 radical (unpaired) electrons. The monoisotopic (exact) mass is 268 g/mol. The highest BCUT2D eigenvalue weighted by molar-refractivity contribution is 5.87. The average Bonchev–Trinajstić information content (AvgIpc) is 2.50. The fourth-order valence-corrected chi connectivity index (χ4v) is 2.90. The minimum absolute atomic E-state index is 0.0151. The largest absolute Gasteiger partial charge is 0.336 e. The zero-order chi connectivity index (χ0) is 13.9. The van der Waals surface area contributed by atoms with Crippen LogP contribution in [-0.4, -0.2) is 29.9 Å². The van der Waals surface area contributed by atoms with E-state index in [1.54, 1.807) is 0 Å². The number of benzene rings is 2. The fourth-order valence-electron chi connectivity index (χ4n) is 2.90. The van der Waals surface area contributed by atoms with Crippen molar-refractivity contribution >= 4 is 16.7 Å². The maximum absolute atomic E-state index is 12.4. The minimum Gasteiger partial charge on any atom is -0.336 e. The summed E-state index contributed by atoms with van der Waals surface area (Å²) < 4.78 is 0. The molecule has 2 aromatic carbocycles. The van der Waals surface area contributed by atoms with Crippen LogP contribution in [0.4, 0.5) is 0 Å². The number of carbonyl (C=O) groups is 1. The fraction of sp³-hybridized carbons (Fsp3) is 0.353. The van der Waals surface area contributed by atoms with E-state index in [0.717, 1.165) is 19.5 Å². The van der Waals surface area contributed by atoms with Crippen molar-refractivity contribution in [2.24, 2.45) is 0 Å². The van der Waals surface area contributed by atoms with Gasteiger partial charge in [0.05, 0.1) is 6.04 Å². The van der Waals surface area contributed by atoms with Gasteiger partial charge in [-0.1, -0.05) is 49.4 Å². The highest BCUT2D eigenvalue weighted by Crippen LogP contribution is 2.21. The molecule has 1 unspecified atom stereocenters. The third kappa shape index (κ3) is 2.41. The minimum atomic E-state index is -0.0151. The topological polar surface area (TPSA) is 32.3 Å². The molecular weight excluding hydrogens is 248 g/mol. The molecule has 1 heterocycles. The molecule has 3 nitrogen and oxygen atoms in total. The molecule has 0 spiro atoms. The molecule has 2 aromatic rings. The quantitative estimate of drug-likeness (QED) is 0.928. The first-order chi connectivity index (χ1) is 9.79. The summed E-state index contributed by atoms with van der Waals surface area (Å²) >= 11 is 0. The van der Waals surface area contributed by atoms with E-state index in [-0.39, 0.29) is 11.9 Å². The lowest BCUT2D eigenvalue weighted by Gasteiger charge is -2.33. The number of fused-ring (bicyclic) bond motifs is 1. The molecule has 1 atom stereocenters. The van der Waals surface area contributed by atoms with Crippen LogP contribution in [0.3, 0.4) is 0 Å². The molecule has 1 N–H and O–H groups in total. The Morgan fingerprint density at radius 1 is 1.20 bits per heavy atom. The summed E-state index contributed by atoms with van der Waals surface area (Å²) in [6, 6.07) is 14.7. The van der Waals surface area contributed by atoms with Crippen LogP contribution in [0.2, 0.25) is 0 Å². The van der Waals surface area contributed by atoms with Crippen molar-refractivity contribution in [1.29, 1.82) is 0 Å². The number of nitrogens with one attached hydrogen (secondary N) is 1. The van der Waals surface area contributed by atoms with Crippen LogP contribution in [0.5, 0.6) is 0 Å². The summed E-state index contributed by atoms with van der Waals surface area (Å²) in [4.78, 5) is 14.3. The Morgan fingerprint density at radius 3 is 2.85 bits per heavy atom. The molecule has 1 aliphatic heterocycles. The Morgan fingerprint density at radius 2 is 2.00 bits per heavy atom. The molecule has 0 bridgehead atoms. The van der Waals surface area contributed by atoms with Gasteiger partial charge >= 0.3 is 0 Å². The number of nitrogens with zero attached hydrogens (tertiary/aromatic N) is 1. The second kappa shape index (κ2) is 5.63. The maximum atomic E-state index is 12.4. The Kier molecular flexibility index (Phi) is 3.70. The third-order valence-electron chi connectivity index (χ3n) is 4.03. The third-order valence-corrected chi connectivity index (χ3v) is 4.03. The van der Waals surface area contributed by atoms with E-state index in [1.807, 2.05) is 4.90 Å². The molecule has 0 aliphatic carbocycles. The molecule has 20 heavy (non-hydrogen) atoms. The zero-order valence-electron chi connectivity index (χ0n) is 11.8. The summed E-state index contributed by atoms with van der Waals surface area (Å²) in [5.41, 5.74) is 1.23. The van der Waals surface area contributed by atoms with Gasteiger partial charge in [-0.2, -0.15) is 0 Å². The summed E-state index contributed by atoms with van der Waals surface area (Å²) in [5, 5.41) is 5.76. The first kappa shape index (κ1) is 13.1. The van der Waals surface area contributed by atoms with Crippen LogP contribution in [0.1, 0.15) is 18.9 Å². The summed E-state index contributed by atoms with van der Waals surface area (Å²) in [6.45, 7) is 4.43. The van der Waals surface area contributed by atoms with Gasteiger partial charge in [0.25, 0.3) is 0 Å². The number of amides is 1. The van der Waals surface area contributed by atoms with Crippen molar-refractivity contribution in [2.45, 2.75) is 25.9 Å². The number of rotatable bonds is 3. The lowest BCUT2D eigenvalue weighted by molar-refractivity contribution is -0.136. The smallest absolute Gasteiger partial charge is 0.240 e. The average molecular weight is 268 g/mol. The first-order valence-electron chi connectivity index (χ1n) is 7.28. The molecule has 104 valence electrons. The Balaban J connectivity index is 1.87. The molecule has 0 saturated carbocycles. The number of hydrogen-bond donors (Lipinski definition) is 1. The van der Waals surface area contributed by atoms with E-state index in [0.29, 0.717) is 6.54 Å². The van der Waals surface area contributed by atoms with E-state index < -0.39 is 0 Å². The van der Waals surface area contributed by atoms with Crippen LogP contribution in [0.25, 0.3) is 10.8 Å². The van der Waals surface area contributed by atoms with Crippen LogP contribution in [0.15, 0.2) is 42.5 Å². The normalized spacial score (nSPS) is 19.6. The predicted octanol–water partition coefficient (Wildman–Crippen LogP) is 2.55. The van der Waals surface area contributed by atoms with Gasteiger partial charge in [-0.05, 0) is 22.8 Å². The maximum Gasteiger partial charge on any atom is 0.240 e. The molecule has 0 aromatic heterocycles. The van der Waals surface area contributed by atoms with Gasteiger partial charge in [0.2, 0.25) is 5.91 Å². The summed E-state index contributed by atoms with van der Waals surface area (Å²) in [6.07, 6.45) is 0.852. The van der Waals surface area contributed by atoms with Gasteiger partial charge in [-0.3, -0.25) is 4.79 Å². The summed E-state index contributed by atoms with van der Waals surface area (Å²) in [7, 11) is 0. The standard InChI is InChI=1S/C17H20N2O/c1-2-16-17(20)19(11-10-18-16)12-14-8-5-7-13-6-3-4-9-15(13)14/h3-9,16,18H,2,10-12H2,1H3.